The number of rotatable bonds is 4. The highest BCUT2D eigenvalue weighted by atomic mass is 32.2. The zero-order valence-electron chi connectivity index (χ0n) is 14.9. The number of carbonyl (C=O) groups is 1. The minimum absolute atomic E-state index is 0.0643. The van der Waals surface area contributed by atoms with E-state index in [0.29, 0.717) is 23.3 Å². The maximum atomic E-state index is 12.2. The fourth-order valence-corrected chi connectivity index (χ4v) is 5.37. The van der Waals surface area contributed by atoms with Gasteiger partial charge in [-0.2, -0.15) is 0 Å². The predicted octanol–water partition coefficient (Wildman–Crippen LogP) is 1.48. The molecule has 0 spiro atoms. The van der Waals surface area contributed by atoms with Crippen LogP contribution in [0.25, 0.3) is 11.0 Å². The summed E-state index contributed by atoms with van der Waals surface area (Å²) in [7, 11) is -3.10. The van der Waals surface area contributed by atoms with E-state index in [1.54, 1.807) is 26.0 Å². The fraction of sp³-hybridized carbons (Fsp3) is 0.444. The average Bonchev–Trinajstić information content (AvgIpc) is 2.80. The molecule has 2 aromatic rings. The van der Waals surface area contributed by atoms with Crippen LogP contribution in [0.15, 0.2) is 27.4 Å². The zero-order chi connectivity index (χ0) is 19.1. The van der Waals surface area contributed by atoms with Crippen molar-refractivity contribution < 1.29 is 22.4 Å². The van der Waals surface area contributed by atoms with Gasteiger partial charge in [0.15, 0.2) is 16.4 Å². The molecule has 0 unspecified atom stereocenters. The molecular formula is C18H21NO6S. The smallest absolute Gasteiger partial charge is 0.336 e. The lowest BCUT2D eigenvalue weighted by Crippen LogP contribution is -2.48. The van der Waals surface area contributed by atoms with Gasteiger partial charge < -0.3 is 14.5 Å². The molecule has 1 atom stereocenters. The van der Waals surface area contributed by atoms with Crippen LogP contribution in [0.1, 0.15) is 24.5 Å². The van der Waals surface area contributed by atoms with Crippen molar-refractivity contribution in [1.82, 2.24) is 5.32 Å². The quantitative estimate of drug-likeness (QED) is 0.807. The number of nitrogens with one attached hydrogen (secondary N) is 1. The Bertz CT molecular complexity index is 1040. The van der Waals surface area contributed by atoms with Gasteiger partial charge in [0.05, 0.1) is 17.0 Å². The highest BCUT2D eigenvalue weighted by Crippen LogP contribution is 2.28. The maximum Gasteiger partial charge on any atom is 0.336 e. The van der Waals surface area contributed by atoms with Crippen molar-refractivity contribution in [3.63, 3.8) is 0 Å². The van der Waals surface area contributed by atoms with Crippen LogP contribution in [-0.2, 0) is 14.6 Å². The van der Waals surface area contributed by atoms with E-state index in [1.807, 2.05) is 6.92 Å². The first-order chi connectivity index (χ1) is 12.1. The van der Waals surface area contributed by atoms with E-state index >= 15 is 0 Å². The van der Waals surface area contributed by atoms with Gasteiger partial charge in [-0.1, -0.05) is 0 Å². The predicted molar refractivity (Wildman–Crippen MR) is 97.3 cm³/mol. The van der Waals surface area contributed by atoms with Gasteiger partial charge in [-0.25, -0.2) is 13.2 Å². The Morgan fingerprint density at radius 1 is 1.35 bits per heavy atom. The zero-order valence-corrected chi connectivity index (χ0v) is 15.7. The fourth-order valence-electron chi connectivity index (χ4n) is 3.28. The Kier molecular flexibility index (Phi) is 4.56. The SMILES string of the molecule is Cc1cc(=O)oc2c(C)c(OCC(=O)N[C@]3(C)CCS(=O)(=O)C3)ccc12. The minimum Gasteiger partial charge on any atom is -0.483 e. The van der Waals surface area contributed by atoms with Gasteiger partial charge in [0.25, 0.3) is 5.91 Å². The van der Waals surface area contributed by atoms with Crippen molar-refractivity contribution >= 4 is 26.7 Å². The van der Waals surface area contributed by atoms with Gasteiger partial charge in [0.2, 0.25) is 0 Å². The third-order valence-electron chi connectivity index (χ3n) is 4.62. The molecule has 1 fully saturated rings. The summed E-state index contributed by atoms with van der Waals surface area (Å²) in [6.07, 6.45) is 0.389. The Balaban J connectivity index is 1.73. The lowest BCUT2D eigenvalue weighted by molar-refractivity contribution is -0.124. The van der Waals surface area contributed by atoms with E-state index in [4.69, 9.17) is 9.15 Å². The summed E-state index contributed by atoms with van der Waals surface area (Å²) in [5.41, 5.74) is 0.664. The molecule has 26 heavy (non-hydrogen) atoms. The van der Waals surface area contributed by atoms with Gasteiger partial charge in [0, 0.05) is 17.0 Å². The van der Waals surface area contributed by atoms with Crippen molar-refractivity contribution in [2.45, 2.75) is 32.7 Å². The van der Waals surface area contributed by atoms with Gasteiger partial charge in [-0.15, -0.1) is 0 Å². The molecule has 0 radical (unpaired) electrons. The molecule has 0 bridgehead atoms. The van der Waals surface area contributed by atoms with Crippen LogP contribution in [0.4, 0.5) is 0 Å². The van der Waals surface area contributed by atoms with Gasteiger partial charge in [-0.05, 0) is 44.9 Å². The lowest BCUT2D eigenvalue weighted by atomic mass is 10.0. The summed E-state index contributed by atoms with van der Waals surface area (Å²) in [4.78, 5) is 23.8. The monoisotopic (exact) mass is 379 g/mol. The summed E-state index contributed by atoms with van der Waals surface area (Å²) < 4.78 is 34.1. The Hall–Kier alpha value is -2.35. The summed E-state index contributed by atoms with van der Waals surface area (Å²) in [6.45, 7) is 5.04. The first-order valence-electron chi connectivity index (χ1n) is 8.27. The van der Waals surface area contributed by atoms with Crippen LogP contribution in [0, 0.1) is 13.8 Å². The molecule has 1 aromatic heterocycles. The Labute approximate surface area is 151 Å². The molecule has 8 heteroatoms. The number of benzene rings is 1. The van der Waals surface area contributed by atoms with E-state index in [0.717, 1.165) is 10.9 Å². The average molecular weight is 379 g/mol. The number of sulfone groups is 1. The molecule has 1 saturated heterocycles. The maximum absolute atomic E-state index is 12.2. The minimum atomic E-state index is -3.10. The summed E-state index contributed by atoms with van der Waals surface area (Å²) >= 11 is 0. The van der Waals surface area contributed by atoms with E-state index in [-0.39, 0.29) is 18.1 Å². The number of ether oxygens (including phenoxy) is 1. The highest BCUT2D eigenvalue weighted by Gasteiger charge is 2.39. The molecule has 1 amide bonds. The number of hydrogen-bond acceptors (Lipinski definition) is 6. The van der Waals surface area contributed by atoms with Gasteiger partial charge in [0.1, 0.15) is 11.3 Å². The van der Waals surface area contributed by atoms with E-state index in [2.05, 4.69) is 5.32 Å². The second-order valence-electron chi connectivity index (χ2n) is 7.05. The topological polar surface area (TPSA) is 103 Å². The van der Waals surface area contributed by atoms with Crippen molar-refractivity contribution in [2.24, 2.45) is 0 Å². The van der Waals surface area contributed by atoms with Crippen molar-refractivity contribution in [2.75, 3.05) is 18.1 Å². The third-order valence-corrected chi connectivity index (χ3v) is 6.52. The third kappa shape index (κ3) is 3.75. The lowest BCUT2D eigenvalue weighted by Gasteiger charge is -2.24. The molecule has 2 heterocycles. The van der Waals surface area contributed by atoms with Gasteiger partial charge >= 0.3 is 5.63 Å². The number of carbonyl (C=O) groups excluding carboxylic acids is 1. The largest absolute Gasteiger partial charge is 0.483 e. The number of aryl methyl sites for hydroxylation is 2. The van der Waals surface area contributed by atoms with Crippen LogP contribution in [0.2, 0.25) is 0 Å². The molecule has 0 aliphatic carbocycles. The van der Waals surface area contributed by atoms with Crippen molar-refractivity contribution in [1.29, 1.82) is 0 Å². The second kappa shape index (κ2) is 6.42. The summed E-state index contributed by atoms with van der Waals surface area (Å²) in [6, 6.07) is 4.92. The molecule has 1 N–H and O–H groups in total. The molecule has 1 aromatic carbocycles. The van der Waals surface area contributed by atoms with E-state index in [9.17, 15) is 18.0 Å². The van der Waals surface area contributed by atoms with Crippen LogP contribution in [0.3, 0.4) is 0 Å². The number of amides is 1. The molecule has 3 rings (SSSR count). The van der Waals surface area contributed by atoms with Crippen LogP contribution >= 0.6 is 0 Å². The molecular weight excluding hydrogens is 358 g/mol. The molecule has 1 aliphatic rings. The molecule has 1 aliphatic heterocycles. The van der Waals surface area contributed by atoms with E-state index < -0.39 is 26.9 Å². The first kappa shape index (κ1) is 18.4. The standard InChI is InChI=1S/C18H21NO6S/c1-11-8-16(21)25-17-12(2)14(5-4-13(11)17)24-9-15(20)19-18(3)6-7-26(22,23)10-18/h4-5,8H,6-7,9-10H2,1-3H3,(H,19,20)/t18-/m1/s1. The number of fused-ring (bicyclic) bond motifs is 1. The summed E-state index contributed by atoms with van der Waals surface area (Å²) in [5, 5.41) is 3.55. The molecule has 7 nitrogen and oxygen atoms in total. The number of hydrogen-bond donors (Lipinski definition) is 1. The normalized spacial score (nSPS) is 21.7. The Morgan fingerprint density at radius 3 is 2.73 bits per heavy atom. The van der Waals surface area contributed by atoms with Crippen molar-refractivity contribution in [3.8, 4) is 5.75 Å². The van der Waals surface area contributed by atoms with Crippen LogP contribution < -0.4 is 15.7 Å². The second-order valence-corrected chi connectivity index (χ2v) is 9.24. The Morgan fingerprint density at radius 2 is 2.08 bits per heavy atom. The summed E-state index contributed by atoms with van der Waals surface area (Å²) in [5.74, 6) is 0.0539. The molecule has 140 valence electrons. The first-order valence-corrected chi connectivity index (χ1v) is 10.1. The van der Waals surface area contributed by atoms with Crippen LogP contribution in [0.5, 0.6) is 5.75 Å². The van der Waals surface area contributed by atoms with Gasteiger partial charge in [-0.3, -0.25) is 4.79 Å². The molecule has 0 saturated carbocycles. The van der Waals surface area contributed by atoms with Crippen molar-refractivity contribution in [3.05, 3.63) is 39.7 Å². The van der Waals surface area contributed by atoms with E-state index in [1.165, 1.54) is 6.07 Å². The van der Waals surface area contributed by atoms with Crippen LogP contribution in [-0.4, -0.2) is 38.0 Å². The highest BCUT2D eigenvalue weighted by molar-refractivity contribution is 7.91.